The first-order valence-electron chi connectivity index (χ1n) is 5.16. The second-order valence-corrected chi connectivity index (χ2v) is 6.48. The van der Waals surface area contributed by atoms with Crippen LogP contribution in [0.1, 0.15) is 6.42 Å². The van der Waals surface area contributed by atoms with Crippen LogP contribution < -0.4 is 5.32 Å². The molecule has 1 atom stereocenters. The molecule has 15 heavy (non-hydrogen) atoms. The van der Waals surface area contributed by atoms with Gasteiger partial charge in [-0.15, -0.1) is 0 Å². The molecule has 1 unspecified atom stereocenters. The minimum absolute atomic E-state index is 0.170. The molecule has 5 heteroatoms. The lowest BCUT2D eigenvalue weighted by atomic mass is 10.2. The second kappa shape index (κ2) is 5.09. The van der Waals surface area contributed by atoms with Gasteiger partial charge >= 0.3 is 0 Å². The fourth-order valence-electron chi connectivity index (χ4n) is 1.91. The molecule has 0 amide bonds. The Kier molecular flexibility index (Phi) is 4.31. The lowest BCUT2D eigenvalue weighted by Gasteiger charge is -2.23. The van der Waals surface area contributed by atoms with E-state index in [1.54, 1.807) is 0 Å². The van der Waals surface area contributed by atoms with E-state index < -0.39 is 9.84 Å². The lowest BCUT2D eigenvalue weighted by molar-refractivity contribution is 0.282. The van der Waals surface area contributed by atoms with Gasteiger partial charge in [0.1, 0.15) is 0 Å². The van der Waals surface area contributed by atoms with Gasteiger partial charge in [0, 0.05) is 19.1 Å². The van der Waals surface area contributed by atoms with Crippen LogP contribution in [0.15, 0.2) is 12.2 Å². The van der Waals surface area contributed by atoms with E-state index in [9.17, 15) is 8.42 Å². The molecule has 1 saturated heterocycles. The van der Waals surface area contributed by atoms with Crippen LogP contribution in [-0.4, -0.2) is 58.1 Å². The topological polar surface area (TPSA) is 49.4 Å². The van der Waals surface area contributed by atoms with Gasteiger partial charge in [0.2, 0.25) is 0 Å². The molecule has 88 valence electrons. The van der Waals surface area contributed by atoms with E-state index >= 15 is 0 Å². The highest BCUT2D eigenvalue weighted by atomic mass is 32.2. The molecule has 0 aromatic carbocycles. The number of nitrogens with zero attached hydrogens (tertiary/aromatic N) is 1. The molecule has 1 aliphatic heterocycles. The number of nitrogens with one attached hydrogen (secondary N) is 1. The van der Waals surface area contributed by atoms with Crippen molar-refractivity contribution in [3.8, 4) is 0 Å². The maximum Gasteiger partial charge on any atom is 0.151 e. The van der Waals surface area contributed by atoms with Crippen LogP contribution in [0.4, 0.5) is 0 Å². The lowest BCUT2D eigenvalue weighted by Crippen LogP contribution is -2.35. The third-order valence-corrected chi connectivity index (χ3v) is 4.48. The predicted octanol–water partition coefficient (Wildman–Crippen LogP) is -0.119. The smallest absolute Gasteiger partial charge is 0.151 e. The molecule has 1 aliphatic rings. The summed E-state index contributed by atoms with van der Waals surface area (Å²) in [7, 11) is 1.07. The van der Waals surface area contributed by atoms with E-state index in [1.165, 1.54) is 0 Å². The molecule has 0 radical (unpaired) electrons. The Bertz CT molecular complexity index is 324. The Morgan fingerprint density at radius 1 is 1.60 bits per heavy atom. The van der Waals surface area contributed by atoms with Gasteiger partial charge in [-0.05, 0) is 26.1 Å². The predicted molar refractivity (Wildman–Crippen MR) is 62.8 cm³/mol. The molecule has 0 spiro atoms. The molecular formula is C10H20N2O2S. The van der Waals surface area contributed by atoms with E-state index in [2.05, 4.69) is 16.8 Å². The second-order valence-electron chi connectivity index (χ2n) is 4.25. The van der Waals surface area contributed by atoms with Crippen molar-refractivity contribution in [2.45, 2.75) is 12.5 Å². The van der Waals surface area contributed by atoms with Crippen molar-refractivity contribution in [3.05, 3.63) is 12.2 Å². The first-order chi connectivity index (χ1) is 6.94. The molecule has 4 nitrogen and oxygen atoms in total. The van der Waals surface area contributed by atoms with Crippen molar-refractivity contribution in [2.75, 3.05) is 38.7 Å². The van der Waals surface area contributed by atoms with Gasteiger partial charge in [-0.3, -0.25) is 4.90 Å². The summed E-state index contributed by atoms with van der Waals surface area (Å²) >= 11 is 0. The monoisotopic (exact) mass is 232 g/mol. The fourth-order valence-corrected chi connectivity index (χ4v) is 3.72. The summed E-state index contributed by atoms with van der Waals surface area (Å²) in [5.74, 6) is 0.636. The molecule has 1 N–H and O–H groups in total. The fraction of sp³-hybridized carbons (Fsp3) is 0.800. The van der Waals surface area contributed by atoms with Gasteiger partial charge in [-0.2, -0.15) is 0 Å². The minimum Gasteiger partial charge on any atom is -0.316 e. The Morgan fingerprint density at radius 3 is 2.73 bits per heavy atom. The third-order valence-electron chi connectivity index (χ3n) is 2.73. The van der Waals surface area contributed by atoms with Crippen LogP contribution in [0.25, 0.3) is 0 Å². The standard InChI is InChI=1S/C10H20N2O2S/c1-9(6-11-2)7-12(3)10-4-5-15(13,14)8-10/h10-11H,1,4-8H2,2-3H3. The summed E-state index contributed by atoms with van der Waals surface area (Å²) in [6, 6.07) is 0.170. The molecule has 0 aromatic heterocycles. The van der Waals surface area contributed by atoms with Crippen LogP contribution in [0, 0.1) is 0 Å². The van der Waals surface area contributed by atoms with Crippen molar-refractivity contribution in [1.29, 1.82) is 0 Å². The van der Waals surface area contributed by atoms with Crippen LogP contribution in [0.3, 0.4) is 0 Å². The molecule has 1 rings (SSSR count). The van der Waals surface area contributed by atoms with E-state index in [-0.39, 0.29) is 6.04 Å². The Balaban J connectivity index is 2.42. The average molecular weight is 232 g/mol. The van der Waals surface area contributed by atoms with Gasteiger partial charge in [0.15, 0.2) is 9.84 Å². The number of sulfone groups is 1. The molecule has 1 fully saturated rings. The summed E-state index contributed by atoms with van der Waals surface area (Å²) in [5.41, 5.74) is 1.09. The molecule has 0 saturated carbocycles. The summed E-state index contributed by atoms with van der Waals surface area (Å²) in [6.07, 6.45) is 0.756. The number of likely N-dealkylation sites (N-methyl/N-ethyl adjacent to an activating group) is 2. The van der Waals surface area contributed by atoms with Crippen molar-refractivity contribution in [3.63, 3.8) is 0 Å². The highest BCUT2D eigenvalue weighted by molar-refractivity contribution is 7.91. The quantitative estimate of drug-likeness (QED) is 0.672. The first kappa shape index (κ1) is 12.7. The Labute approximate surface area is 92.3 Å². The summed E-state index contributed by atoms with van der Waals surface area (Å²) in [6.45, 7) is 5.49. The van der Waals surface area contributed by atoms with Crippen LogP contribution in [-0.2, 0) is 9.84 Å². The summed E-state index contributed by atoms with van der Waals surface area (Å²) in [5, 5.41) is 3.04. The molecule has 0 bridgehead atoms. The van der Waals surface area contributed by atoms with Gasteiger partial charge in [0.25, 0.3) is 0 Å². The zero-order valence-corrected chi connectivity index (χ0v) is 10.3. The summed E-state index contributed by atoms with van der Waals surface area (Å²) < 4.78 is 22.6. The largest absolute Gasteiger partial charge is 0.316 e. The third kappa shape index (κ3) is 3.93. The van der Waals surface area contributed by atoms with Crippen molar-refractivity contribution >= 4 is 9.84 Å². The van der Waals surface area contributed by atoms with Crippen LogP contribution in [0.2, 0.25) is 0 Å². The Hall–Kier alpha value is -0.390. The Morgan fingerprint density at radius 2 is 2.27 bits per heavy atom. The first-order valence-corrected chi connectivity index (χ1v) is 6.98. The maximum absolute atomic E-state index is 11.3. The van der Waals surface area contributed by atoms with E-state index in [1.807, 2.05) is 14.1 Å². The number of hydrogen-bond acceptors (Lipinski definition) is 4. The van der Waals surface area contributed by atoms with E-state index in [0.29, 0.717) is 11.5 Å². The SMILES string of the molecule is C=C(CNC)CN(C)C1CCS(=O)(=O)C1. The molecule has 0 aromatic rings. The van der Waals surface area contributed by atoms with Gasteiger partial charge < -0.3 is 5.32 Å². The summed E-state index contributed by atoms with van der Waals surface area (Å²) in [4.78, 5) is 2.09. The van der Waals surface area contributed by atoms with Gasteiger partial charge in [0.05, 0.1) is 11.5 Å². The molecule has 0 aliphatic carbocycles. The van der Waals surface area contributed by atoms with Crippen LogP contribution in [0.5, 0.6) is 0 Å². The number of rotatable bonds is 5. The number of hydrogen-bond donors (Lipinski definition) is 1. The van der Waals surface area contributed by atoms with E-state index in [0.717, 1.165) is 25.1 Å². The van der Waals surface area contributed by atoms with Crippen LogP contribution >= 0.6 is 0 Å². The van der Waals surface area contributed by atoms with Crippen molar-refractivity contribution in [1.82, 2.24) is 10.2 Å². The van der Waals surface area contributed by atoms with Crippen molar-refractivity contribution in [2.24, 2.45) is 0 Å². The van der Waals surface area contributed by atoms with Gasteiger partial charge in [-0.1, -0.05) is 6.58 Å². The zero-order valence-electron chi connectivity index (χ0n) is 9.49. The van der Waals surface area contributed by atoms with Crippen molar-refractivity contribution < 1.29 is 8.42 Å². The maximum atomic E-state index is 11.3. The minimum atomic E-state index is -2.78. The molecular weight excluding hydrogens is 212 g/mol. The molecule has 1 heterocycles. The van der Waals surface area contributed by atoms with Gasteiger partial charge in [-0.25, -0.2) is 8.42 Å². The zero-order chi connectivity index (χ0) is 11.5. The highest BCUT2D eigenvalue weighted by Gasteiger charge is 2.30. The normalized spacial score (nSPS) is 24.6. The highest BCUT2D eigenvalue weighted by Crippen LogP contribution is 2.16. The average Bonchev–Trinajstić information content (AvgIpc) is 2.46. The van der Waals surface area contributed by atoms with E-state index in [4.69, 9.17) is 0 Å².